The average Bonchev–Trinajstić information content (AvgIpc) is 2.87. The van der Waals surface area contributed by atoms with Gasteiger partial charge in [-0.1, -0.05) is 18.2 Å². The zero-order chi connectivity index (χ0) is 15.3. The van der Waals surface area contributed by atoms with E-state index in [1.54, 1.807) is 23.7 Å². The highest BCUT2D eigenvalue weighted by atomic mass is 32.2. The summed E-state index contributed by atoms with van der Waals surface area (Å²) in [6, 6.07) is 10.6. The molecule has 0 spiro atoms. The van der Waals surface area contributed by atoms with Crippen molar-refractivity contribution in [1.29, 1.82) is 0 Å². The van der Waals surface area contributed by atoms with E-state index in [4.69, 9.17) is 9.84 Å². The van der Waals surface area contributed by atoms with E-state index in [0.717, 1.165) is 0 Å². The smallest absolute Gasteiger partial charge is 0.242 e. The molecule has 1 heterocycles. The molecule has 21 heavy (non-hydrogen) atoms. The molecular weight excluding hydrogens is 292 g/mol. The van der Waals surface area contributed by atoms with Crippen molar-refractivity contribution < 1.29 is 18.3 Å². The van der Waals surface area contributed by atoms with Crippen molar-refractivity contribution in [3.63, 3.8) is 0 Å². The fraction of sp³-hybridized carbons (Fsp3) is 0.286. The van der Waals surface area contributed by atoms with Crippen LogP contribution in [0.2, 0.25) is 0 Å². The molecule has 2 aromatic rings. The molecule has 0 unspecified atom stereocenters. The number of ether oxygens (including phenoxy) is 1. The maximum atomic E-state index is 12.1. The van der Waals surface area contributed by atoms with Gasteiger partial charge >= 0.3 is 0 Å². The van der Waals surface area contributed by atoms with Gasteiger partial charge in [0.05, 0.1) is 11.5 Å². The van der Waals surface area contributed by atoms with Gasteiger partial charge in [-0.15, -0.1) is 0 Å². The lowest BCUT2D eigenvalue weighted by Gasteiger charge is -2.07. The van der Waals surface area contributed by atoms with Gasteiger partial charge < -0.3 is 14.4 Å². The number of hydrogen-bond donors (Lipinski definition) is 2. The largest absolute Gasteiger partial charge is 0.492 e. The summed E-state index contributed by atoms with van der Waals surface area (Å²) in [5.41, 5.74) is 0.538. The molecule has 114 valence electrons. The summed E-state index contributed by atoms with van der Waals surface area (Å²) in [5, 5.41) is 9.08. The number of aryl methyl sites for hydroxylation is 1. The molecule has 0 atom stereocenters. The second-order valence-corrected chi connectivity index (χ2v) is 6.26. The molecule has 0 aliphatic carbocycles. The minimum absolute atomic E-state index is 0.133. The lowest BCUT2D eigenvalue weighted by Crippen LogP contribution is -2.28. The zero-order valence-corrected chi connectivity index (χ0v) is 12.5. The van der Waals surface area contributed by atoms with Crippen LogP contribution < -0.4 is 9.46 Å². The van der Waals surface area contributed by atoms with E-state index in [1.165, 1.54) is 12.3 Å². The minimum atomic E-state index is -3.59. The number of aliphatic hydroxyl groups excluding tert-OH is 1. The molecule has 0 aliphatic heterocycles. The molecule has 0 saturated carbocycles. The highest BCUT2D eigenvalue weighted by Gasteiger charge is 2.16. The van der Waals surface area contributed by atoms with Gasteiger partial charge in [-0.3, -0.25) is 0 Å². The first-order valence-corrected chi connectivity index (χ1v) is 7.95. The van der Waals surface area contributed by atoms with Crippen LogP contribution in [0.1, 0.15) is 5.69 Å². The molecule has 0 saturated heterocycles. The van der Waals surface area contributed by atoms with E-state index in [1.807, 2.05) is 18.2 Å². The number of para-hydroxylation sites is 1. The zero-order valence-electron chi connectivity index (χ0n) is 11.7. The summed E-state index contributed by atoms with van der Waals surface area (Å²) >= 11 is 0. The highest BCUT2D eigenvalue weighted by Crippen LogP contribution is 2.13. The van der Waals surface area contributed by atoms with Crippen molar-refractivity contribution in [3.05, 3.63) is 48.3 Å². The van der Waals surface area contributed by atoms with Gasteiger partial charge in [0, 0.05) is 25.5 Å². The third-order valence-electron chi connectivity index (χ3n) is 2.96. The summed E-state index contributed by atoms with van der Waals surface area (Å²) in [5.74, 6) is 0.693. The topological polar surface area (TPSA) is 80.6 Å². The van der Waals surface area contributed by atoms with Gasteiger partial charge in [0.15, 0.2) is 0 Å². The first-order valence-electron chi connectivity index (χ1n) is 6.46. The van der Waals surface area contributed by atoms with E-state index < -0.39 is 10.0 Å². The monoisotopic (exact) mass is 310 g/mol. The van der Waals surface area contributed by atoms with Crippen LogP contribution in [0, 0.1) is 0 Å². The molecule has 7 heteroatoms. The Bertz CT molecular complexity index is 680. The number of hydrogen-bond acceptors (Lipinski definition) is 4. The van der Waals surface area contributed by atoms with Crippen LogP contribution in [0.15, 0.2) is 47.5 Å². The Morgan fingerprint density at radius 1 is 1.29 bits per heavy atom. The van der Waals surface area contributed by atoms with Crippen LogP contribution >= 0.6 is 0 Å². The Hall–Kier alpha value is -1.83. The van der Waals surface area contributed by atoms with Crippen LogP contribution in [-0.4, -0.2) is 31.2 Å². The molecule has 0 amide bonds. The molecular formula is C14H18N2O4S. The number of aliphatic hydroxyl groups is 1. The maximum absolute atomic E-state index is 12.1. The fourth-order valence-electron chi connectivity index (χ4n) is 1.83. The van der Waals surface area contributed by atoms with Crippen molar-refractivity contribution >= 4 is 10.0 Å². The van der Waals surface area contributed by atoms with Crippen molar-refractivity contribution in [2.45, 2.75) is 11.5 Å². The number of sulfonamides is 1. The molecule has 2 rings (SSSR count). The van der Waals surface area contributed by atoms with Gasteiger partial charge in [-0.05, 0) is 18.2 Å². The Balaban J connectivity index is 1.89. The number of nitrogens with one attached hydrogen (secondary N) is 1. The molecule has 1 aromatic carbocycles. The van der Waals surface area contributed by atoms with Crippen molar-refractivity contribution in [3.8, 4) is 5.75 Å². The summed E-state index contributed by atoms with van der Waals surface area (Å²) in [7, 11) is -1.90. The third-order valence-corrected chi connectivity index (χ3v) is 4.39. The number of rotatable bonds is 7. The lowest BCUT2D eigenvalue weighted by molar-refractivity contribution is 0.272. The van der Waals surface area contributed by atoms with E-state index in [9.17, 15) is 8.42 Å². The lowest BCUT2D eigenvalue weighted by atomic mass is 10.3. The van der Waals surface area contributed by atoms with Gasteiger partial charge in [-0.25, -0.2) is 13.1 Å². The number of nitrogens with zero attached hydrogens (tertiary/aromatic N) is 1. The normalized spacial score (nSPS) is 11.5. The van der Waals surface area contributed by atoms with Crippen LogP contribution in [0.5, 0.6) is 5.75 Å². The quantitative estimate of drug-likeness (QED) is 0.744. The van der Waals surface area contributed by atoms with Gasteiger partial charge in [0.2, 0.25) is 10.0 Å². The number of aromatic nitrogens is 1. The summed E-state index contributed by atoms with van der Waals surface area (Å²) in [4.78, 5) is 0.133. The predicted octanol–water partition coefficient (Wildman–Crippen LogP) is 0.875. The summed E-state index contributed by atoms with van der Waals surface area (Å²) in [6.07, 6.45) is 1.46. The van der Waals surface area contributed by atoms with E-state index in [0.29, 0.717) is 11.4 Å². The van der Waals surface area contributed by atoms with Crippen LogP contribution in [-0.2, 0) is 23.7 Å². The Morgan fingerprint density at radius 3 is 2.62 bits per heavy atom. The van der Waals surface area contributed by atoms with E-state index in [2.05, 4.69) is 4.72 Å². The molecule has 1 aromatic heterocycles. The van der Waals surface area contributed by atoms with Gasteiger partial charge in [-0.2, -0.15) is 0 Å². The summed E-state index contributed by atoms with van der Waals surface area (Å²) in [6.45, 7) is 0.201. The maximum Gasteiger partial charge on any atom is 0.242 e. The second-order valence-electron chi connectivity index (χ2n) is 4.50. The first kappa shape index (κ1) is 15.6. The van der Waals surface area contributed by atoms with E-state index >= 15 is 0 Å². The molecule has 0 radical (unpaired) electrons. The van der Waals surface area contributed by atoms with E-state index in [-0.39, 0.29) is 24.7 Å². The SMILES string of the molecule is Cn1cc(S(=O)(=O)NCCOc2ccccc2)cc1CO. The van der Waals surface area contributed by atoms with Crippen molar-refractivity contribution in [2.24, 2.45) is 7.05 Å². The van der Waals surface area contributed by atoms with Crippen LogP contribution in [0.25, 0.3) is 0 Å². The van der Waals surface area contributed by atoms with Crippen molar-refractivity contribution in [1.82, 2.24) is 9.29 Å². The van der Waals surface area contributed by atoms with Crippen molar-refractivity contribution in [2.75, 3.05) is 13.2 Å². The van der Waals surface area contributed by atoms with Crippen LogP contribution in [0.4, 0.5) is 0 Å². The predicted molar refractivity (Wildman–Crippen MR) is 78.5 cm³/mol. The molecule has 6 nitrogen and oxygen atoms in total. The standard InChI is InChI=1S/C14H18N2O4S/c1-16-10-14(9-12(16)11-17)21(18,19)15-7-8-20-13-5-3-2-4-6-13/h2-6,9-10,15,17H,7-8,11H2,1H3. The molecule has 0 fully saturated rings. The Morgan fingerprint density at radius 2 is 2.00 bits per heavy atom. The average molecular weight is 310 g/mol. The second kappa shape index (κ2) is 6.75. The van der Waals surface area contributed by atoms with Gasteiger partial charge in [0.25, 0.3) is 0 Å². The summed E-state index contributed by atoms with van der Waals surface area (Å²) < 4.78 is 33.6. The third kappa shape index (κ3) is 4.07. The molecule has 0 bridgehead atoms. The highest BCUT2D eigenvalue weighted by molar-refractivity contribution is 7.89. The van der Waals surface area contributed by atoms with Crippen LogP contribution in [0.3, 0.4) is 0 Å². The first-order chi connectivity index (χ1) is 10.0. The Kier molecular flexibility index (Phi) is 5.00. The fourth-order valence-corrected chi connectivity index (χ4v) is 2.93. The van der Waals surface area contributed by atoms with Gasteiger partial charge in [0.1, 0.15) is 12.4 Å². The number of benzene rings is 1. The molecule has 0 aliphatic rings. The Labute approximate surface area is 124 Å². The molecule has 2 N–H and O–H groups in total. The minimum Gasteiger partial charge on any atom is -0.492 e.